The predicted molar refractivity (Wildman–Crippen MR) is 92.8 cm³/mol. The maximum Gasteiger partial charge on any atom is 0.233 e. The number of methoxy groups -OCH3 is 1. The number of ether oxygens (including phenoxy) is 1. The molecule has 1 aliphatic rings. The van der Waals surface area contributed by atoms with E-state index in [2.05, 4.69) is 15.7 Å². The summed E-state index contributed by atoms with van der Waals surface area (Å²) in [5.41, 5.74) is 1.52. The van der Waals surface area contributed by atoms with Gasteiger partial charge < -0.3 is 15.4 Å². The van der Waals surface area contributed by atoms with Crippen LogP contribution in [0.25, 0.3) is 0 Å². The smallest absolute Gasteiger partial charge is 0.233 e. The number of aromatic nitrogens is 2. The molecular weight excluding hydrogens is 304 g/mol. The number of piperidine rings is 1. The van der Waals surface area contributed by atoms with Crippen molar-refractivity contribution in [3.63, 3.8) is 0 Å². The first-order valence-corrected chi connectivity index (χ1v) is 8.29. The van der Waals surface area contributed by atoms with Crippen molar-refractivity contribution in [3.05, 3.63) is 48.3 Å². The molecule has 1 fully saturated rings. The molecule has 3 rings (SSSR count). The number of anilines is 1. The van der Waals surface area contributed by atoms with Crippen molar-refractivity contribution in [2.24, 2.45) is 5.41 Å². The predicted octanol–water partition coefficient (Wildman–Crippen LogP) is 1.89. The van der Waals surface area contributed by atoms with Gasteiger partial charge in [0, 0.05) is 25.2 Å². The number of hydrogen-bond acceptors (Lipinski definition) is 4. The van der Waals surface area contributed by atoms with Gasteiger partial charge in [-0.1, -0.05) is 12.1 Å². The normalized spacial score (nSPS) is 16.7. The molecular formula is C18H24N4O2. The average molecular weight is 328 g/mol. The van der Waals surface area contributed by atoms with Crippen molar-refractivity contribution in [1.29, 1.82) is 0 Å². The molecule has 1 aliphatic heterocycles. The maximum atomic E-state index is 12.8. The summed E-state index contributed by atoms with van der Waals surface area (Å²) in [7, 11) is 1.65. The number of carbonyl (C=O) groups is 1. The Morgan fingerprint density at radius 3 is 2.71 bits per heavy atom. The van der Waals surface area contributed by atoms with Crippen LogP contribution in [0.5, 0.6) is 0 Å². The molecule has 0 unspecified atom stereocenters. The highest BCUT2D eigenvalue weighted by Gasteiger charge is 2.39. The van der Waals surface area contributed by atoms with Crippen LogP contribution in [0, 0.1) is 5.41 Å². The third-order valence-electron chi connectivity index (χ3n) is 4.58. The summed E-state index contributed by atoms with van der Waals surface area (Å²) < 4.78 is 7.19. The molecule has 2 heterocycles. The third kappa shape index (κ3) is 3.83. The molecule has 128 valence electrons. The highest BCUT2D eigenvalue weighted by atomic mass is 16.5. The van der Waals surface area contributed by atoms with Crippen LogP contribution in [0.1, 0.15) is 18.4 Å². The zero-order valence-corrected chi connectivity index (χ0v) is 14.0. The van der Waals surface area contributed by atoms with E-state index >= 15 is 0 Å². The molecule has 0 aliphatic carbocycles. The van der Waals surface area contributed by atoms with E-state index in [0.717, 1.165) is 43.7 Å². The molecule has 1 amide bonds. The van der Waals surface area contributed by atoms with Gasteiger partial charge in [-0.05, 0) is 49.7 Å². The lowest BCUT2D eigenvalue weighted by molar-refractivity contribution is -0.130. The van der Waals surface area contributed by atoms with E-state index in [4.69, 9.17) is 4.74 Å². The van der Waals surface area contributed by atoms with Gasteiger partial charge in [0.2, 0.25) is 5.91 Å². The molecule has 0 spiro atoms. The Kier molecular flexibility index (Phi) is 5.27. The number of nitrogens with zero attached hydrogens (tertiary/aromatic N) is 2. The molecule has 2 N–H and O–H groups in total. The van der Waals surface area contributed by atoms with Gasteiger partial charge in [0.1, 0.15) is 0 Å². The summed E-state index contributed by atoms with van der Waals surface area (Å²) in [4.78, 5) is 12.8. The SMILES string of the molecule is COCC1(C(=O)Nc2ccc(Cn3cccn3)cc2)CCNCC1. The lowest BCUT2D eigenvalue weighted by Gasteiger charge is -2.35. The minimum Gasteiger partial charge on any atom is -0.384 e. The summed E-state index contributed by atoms with van der Waals surface area (Å²) in [5.74, 6) is 0.0469. The Morgan fingerprint density at radius 1 is 1.33 bits per heavy atom. The lowest BCUT2D eigenvalue weighted by Crippen LogP contribution is -2.47. The van der Waals surface area contributed by atoms with Crippen molar-refractivity contribution in [2.45, 2.75) is 19.4 Å². The number of rotatable bonds is 6. The molecule has 0 saturated carbocycles. The Labute approximate surface area is 142 Å². The van der Waals surface area contributed by atoms with Gasteiger partial charge >= 0.3 is 0 Å². The molecule has 0 atom stereocenters. The Bertz CT molecular complexity index is 641. The minimum atomic E-state index is -0.437. The molecule has 6 nitrogen and oxygen atoms in total. The van der Waals surface area contributed by atoms with Crippen LogP contribution in [0.3, 0.4) is 0 Å². The van der Waals surface area contributed by atoms with Crippen LogP contribution in [0.15, 0.2) is 42.7 Å². The second-order valence-corrected chi connectivity index (χ2v) is 6.32. The van der Waals surface area contributed by atoms with E-state index in [1.807, 2.05) is 41.2 Å². The van der Waals surface area contributed by atoms with Gasteiger partial charge in [-0.3, -0.25) is 9.48 Å². The quantitative estimate of drug-likeness (QED) is 0.850. The highest BCUT2D eigenvalue weighted by Crippen LogP contribution is 2.31. The van der Waals surface area contributed by atoms with Gasteiger partial charge in [-0.25, -0.2) is 0 Å². The fourth-order valence-corrected chi connectivity index (χ4v) is 3.16. The average Bonchev–Trinajstić information content (AvgIpc) is 3.11. The Balaban J connectivity index is 1.65. The van der Waals surface area contributed by atoms with Crippen molar-refractivity contribution >= 4 is 11.6 Å². The number of carbonyl (C=O) groups excluding carboxylic acids is 1. The van der Waals surface area contributed by atoms with Crippen molar-refractivity contribution < 1.29 is 9.53 Å². The molecule has 6 heteroatoms. The standard InChI is InChI=1S/C18H24N4O2/c1-24-14-18(7-10-19-11-8-18)17(23)21-16-5-3-15(4-6-16)13-22-12-2-9-20-22/h2-6,9,12,19H,7-8,10-11,13-14H2,1H3,(H,21,23). The van der Waals surface area contributed by atoms with Crippen molar-refractivity contribution in [2.75, 3.05) is 32.1 Å². The summed E-state index contributed by atoms with van der Waals surface area (Å²) >= 11 is 0. The molecule has 0 bridgehead atoms. The van der Waals surface area contributed by atoms with Crippen LogP contribution in [-0.4, -0.2) is 42.5 Å². The minimum absolute atomic E-state index is 0.0469. The van der Waals surface area contributed by atoms with E-state index in [-0.39, 0.29) is 5.91 Å². The van der Waals surface area contributed by atoms with Crippen LogP contribution in [0.4, 0.5) is 5.69 Å². The second-order valence-electron chi connectivity index (χ2n) is 6.32. The third-order valence-corrected chi connectivity index (χ3v) is 4.58. The zero-order chi connectivity index (χ0) is 16.8. The largest absolute Gasteiger partial charge is 0.384 e. The number of benzene rings is 1. The van der Waals surface area contributed by atoms with Gasteiger partial charge in [0.05, 0.1) is 18.6 Å². The van der Waals surface area contributed by atoms with Crippen LogP contribution in [0.2, 0.25) is 0 Å². The number of hydrogen-bond donors (Lipinski definition) is 2. The van der Waals surface area contributed by atoms with E-state index < -0.39 is 5.41 Å². The van der Waals surface area contributed by atoms with Crippen molar-refractivity contribution in [3.8, 4) is 0 Å². The topological polar surface area (TPSA) is 68.2 Å². The van der Waals surface area contributed by atoms with Crippen molar-refractivity contribution in [1.82, 2.24) is 15.1 Å². The summed E-state index contributed by atoms with van der Waals surface area (Å²) in [6.07, 6.45) is 5.29. The van der Waals surface area contributed by atoms with Gasteiger partial charge in [0.15, 0.2) is 0 Å². The molecule has 1 aromatic carbocycles. The first kappa shape index (κ1) is 16.7. The fraction of sp³-hybridized carbons (Fsp3) is 0.444. The van der Waals surface area contributed by atoms with Crippen LogP contribution >= 0.6 is 0 Å². The fourth-order valence-electron chi connectivity index (χ4n) is 3.16. The van der Waals surface area contributed by atoms with E-state index in [9.17, 15) is 4.79 Å². The monoisotopic (exact) mass is 328 g/mol. The summed E-state index contributed by atoms with van der Waals surface area (Å²) in [6.45, 7) is 2.87. The molecule has 0 radical (unpaired) electrons. The van der Waals surface area contributed by atoms with Gasteiger partial charge in [0.25, 0.3) is 0 Å². The molecule has 24 heavy (non-hydrogen) atoms. The van der Waals surface area contributed by atoms with Crippen LogP contribution < -0.4 is 10.6 Å². The lowest BCUT2D eigenvalue weighted by atomic mass is 9.78. The molecule has 1 saturated heterocycles. The van der Waals surface area contributed by atoms with E-state index in [0.29, 0.717) is 6.61 Å². The van der Waals surface area contributed by atoms with Gasteiger partial charge in [-0.15, -0.1) is 0 Å². The number of amides is 1. The molecule has 2 aromatic rings. The summed E-state index contributed by atoms with van der Waals surface area (Å²) in [5, 5.41) is 10.6. The first-order chi connectivity index (χ1) is 11.7. The van der Waals surface area contributed by atoms with Crippen LogP contribution in [-0.2, 0) is 16.1 Å². The maximum absolute atomic E-state index is 12.8. The zero-order valence-electron chi connectivity index (χ0n) is 14.0. The Morgan fingerprint density at radius 2 is 2.08 bits per heavy atom. The highest BCUT2D eigenvalue weighted by molar-refractivity contribution is 5.95. The van der Waals surface area contributed by atoms with E-state index in [1.165, 1.54) is 0 Å². The summed E-state index contributed by atoms with van der Waals surface area (Å²) in [6, 6.07) is 9.82. The van der Waals surface area contributed by atoms with E-state index in [1.54, 1.807) is 13.3 Å². The molecule has 1 aromatic heterocycles. The first-order valence-electron chi connectivity index (χ1n) is 8.29. The number of nitrogens with one attached hydrogen (secondary N) is 2. The Hall–Kier alpha value is -2.18. The second kappa shape index (κ2) is 7.59. The van der Waals surface area contributed by atoms with Gasteiger partial charge in [-0.2, -0.15) is 5.10 Å².